The molecule has 0 atom stereocenters. The Labute approximate surface area is 122 Å². The van der Waals surface area contributed by atoms with Crippen LogP contribution < -0.4 is 15.2 Å². The van der Waals surface area contributed by atoms with Crippen LogP contribution in [0.5, 0.6) is 11.5 Å². The molecule has 0 fully saturated rings. The summed E-state index contributed by atoms with van der Waals surface area (Å²) in [5.41, 5.74) is 5.72. The second-order valence-corrected chi connectivity index (χ2v) is 4.48. The number of imidazole rings is 1. The molecule has 6 nitrogen and oxygen atoms in total. The summed E-state index contributed by atoms with van der Waals surface area (Å²) >= 11 is 0. The molecule has 0 aliphatic heterocycles. The Morgan fingerprint density at radius 1 is 1.10 bits per heavy atom. The minimum absolute atomic E-state index is 0.346. The molecule has 0 radical (unpaired) electrons. The molecule has 21 heavy (non-hydrogen) atoms. The average molecular weight is 284 g/mol. The Morgan fingerprint density at radius 2 is 1.86 bits per heavy atom. The molecule has 3 rings (SSSR count). The predicted octanol–water partition coefficient (Wildman–Crippen LogP) is 1.90. The van der Waals surface area contributed by atoms with Gasteiger partial charge in [0, 0.05) is 24.0 Å². The van der Waals surface area contributed by atoms with Crippen molar-refractivity contribution in [1.29, 1.82) is 0 Å². The van der Waals surface area contributed by atoms with Crippen molar-refractivity contribution in [3.8, 4) is 17.3 Å². The van der Waals surface area contributed by atoms with Crippen molar-refractivity contribution < 1.29 is 9.47 Å². The highest BCUT2D eigenvalue weighted by Gasteiger charge is 2.12. The third kappa shape index (κ3) is 2.19. The van der Waals surface area contributed by atoms with Gasteiger partial charge in [-0.05, 0) is 23.6 Å². The molecule has 0 unspecified atom stereocenters. The van der Waals surface area contributed by atoms with E-state index in [4.69, 9.17) is 15.2 Å². The monoisotopic (exact) mass is 284 g/mol. The molecule has 0 bridgehead atoms. The second kappa shape index (κ2) is 5.41. The second-order valence-electron chi connectivity index (χ2n) is 4.48. The zero-order valence-corrected chi connectivity index (χ0v) is 11.9. The van der Waals surface area contributed by atoms with Crippen molar-refractivity contribution in [3.05, 3.63) is 42.6 Å². The highest BCUT2D eigenvalue weighted by molar-refractivity contribution is 5.91. The van der Waals surface area contributed by atoms with Gasteiger partial charge < -0.3 is 15.2 Å². The zero-order chi connectivity index (χ0) is 14.8. The number of nitrogens with zero attached hydrogens (tertiary/aromatic N) is 3. The predicted molar refractivity (Wildman–Crippen MR) is 79.9 cm³/mol. The van der Waals surface area contributed by atoms with E-state index in [1.807, 2.05) is 29.0 Å². The number of rotatable bonds is 4. The summed E-state index contributed by atoms with van der Waals surface area (Å²) in [4.78, 5) is 8.70. The summed E-state index contributed by atoms with van der Waals surface area (Å²) in [6.07, 6.45) is 5.31. The van der Waals surface area contributed by atoms with Gasteiger partial charge in [0.2, 0.25) is 0 Å². The Morgan fingerprint density at radius 3 is 2.57 bits per heavy atom. The first-order valence-electron chi connectivity index (χ1n) is 6.52. The molecule has 2 N–H and O–H groups in total. The molecule has 0 amide bonds. The molecule has 2 heterocycles. The topological polar surface area (TPSA) is 75.2 Å². The van der Waals surface area contributed by atoms with Crippen LogP contribution in [0.15, 0.2) is 36.8 Å². The number of methoxy groups -OCH3 is 2. The number of pyridine rings is 1. The normalized spacial score (nSPS) is 10.8. The summed E-state index contributed by atoms with van der Waals surface area (Å²) < 4.78 is 12.6. The van der Waals surface area contributed by atoms with E-state index < -0.39 is 0 Å². The number of ether oxygens (including phenoxy) is 2. The molecule has 108 valence electrons. The maximum absolute atomic E-state index is 5.72. The highest BCUT2D eigenvalue weighted by atomic mass is 16.5. The average Bonchev–Trinajstić information content (AvgIpc) is 3.01. The molecule has 3 aromatic rings. The summed E-state index contributed by atoms with van der Waals surface area (Å²) in [5, 5.41) is 1.96. The highest BCUT2D eigenvalue weighted by Crippen LogP contribution is 2.34. The van der Waals surface area contributed by atoms with Crippen molar-refractivity contribution in [1.82, 2.24) is 14.5 Å². The SMILES string of the molecule is COc1cc2ccnc(-n3ccnc3CN)c2cc1OC. The zero-order valence-electron chi connectivity index (χ0n) is 11.9. The standard InChI is InChI=1S/C15H16N4O2/c1-20-12-7-10-3-4-18-15(11(10)8-13(12)21-2)19-6-5-17-14(19)9-16/h3-8H,9,16H2,1-2H3. The maximum atomic E-state index is 5.72. The smallest absolute Gasteiger partial charge is 0.161 e. The summed E-state index contributed by atoms with van der Waals surface area (Å²) in [7, 11) is 3.23. The van der Waals surface area contributed by atoms with Crippen molar-refractivity contribution in [2.75, 3.05) is 14.2 Å². The lowest BCUT2D eigenvalue weighted by Crippen LogP contribution is -2.08. The first kappa shape index (κ1) is 13.4. The van der Waals surface area contributed by atoms with E-state index in [9.17, 15) is 0 Å². The largest absolute Gasteiger partial charge is 0.493 e. The molecule has 2 aromatic heterocycles. The molecule has 0 spiro atoms. The van der Waals surface area contributed by atoms with Crippen LogP contribution in [0.3, 0.4) is 0 Å². The van der Waals surface area contributed by atoms with E-state index in [1.54, 1.807) is 26.6 Å². The Balaban J connectivity index is 2.29. The van der Waals surface area contributed by atoms with Crippen LogP contribution >= 0.6 is 0 Å². The summed E-state index contributed by atoms with van der Waals surface area (Å²) in [5.74, 6) is 2.87. The molecule has 0 saturated heterocycles. The van der Waals surface area contributed by atoms with Gasteiger partial charge in [-0.2, -0.15) is 0 Å². The summed E-state index contributed by atoms with van der Waals surface area (Å²) in [6.45, 7) is 0.346. The van der Waals surface area contributed by atoms with Gasteiger partial charge in [0.1, 0.15) is 11.6 Å². The third-order valence-electron chi connectivity index (χ3n) is 3.38. The lowest BCUT2D eigenvalue weighted by Gasteiger charge is -2.12. The molecule has 0 aliphatic rings. The Kier molecular flexibility index (Phi) is 3.45. The third-order valence-corrected chi connectivity index (χ3v) is 3.38. The fourth-order valence-corrected chi connectivity index (χ4v) is 2.35. The van der Waals surface area contributed by atoms with Crippen molar-refractivity contribution in [2.24, 2.45) is 5.73 Å². The van der Waals surface area contributed by atoms with E-state index in [-0.39, 0.29) is 0 Å². The van der Waals surface area contributed by atoms with Crippen molar-refractivity contribution in [2.45, 2.75) is 6.54 Å². The van der Waals surface area contributed by atoms with Crippen LogP contribution in [0.25, 0.3) is 16.6 Å². The first-order chi connectivity index (χ1) is 10.3. The van der Waals surface area contributed by atoms with Gasteiger partial charge in [-0.25, -0.2) is 9.97 Å². The van der Waals surface area contributed by atoms with E-state index in [1.165, 1.54) is 0 Å². The number of benzene rings is 1. The van der Waals surface area contributed by atoms with E-state index >= 15 is 0 Å². The first-order valence-corrected chi connectivity index (χ1v) is 6.52. The molecular weight excluding hydrogens is 268 g/mol. The van der Waals surface area contributed by atoms with Crippen LogP contribution in [-0.2, 0) is 6.54 Å². The summed E-state index contributed by atoms with van der Waals surface area (Å²) in [6, 6.07) is 5.77. The van der Waals surface area contributed by atoms with Crippen molar-refractivity contribution in [3.63, 3.8) is 0 Å². The number of hydrogen-bond acceptors (Lipinski definition) is 5. The van der Waals surface area contributed by atoms with Crippen molar-refractivity contribution >= 4 is 10.8 Å². The Bertz CT molecular complexity index is 782. The fraction of sp³-hybridized carbons (Fsp3) is 0.200. The number of aromatic nitrogens is 3. The molecule has 0 saturated carbocycles. The van der Waals surface area contributed by atoms with Crippen LogP contribution in [0.1, 0.15) is 5.82 Å². The lowest BCUT2D eigenvalue weighted by molar-refractivity contribution is 0.356. The van der Waals surface area contributed by atoms with Gasteiger partial charge in [-0.1, -0.05) is 0 Å². The molecule has 6 heteroatoms. The van der Waals surface area contributed by atoms with Crippen LogP contribution in [0, 0.1) is 0 Å². The fourth-order valence-electron chi connectivity index (χ4n) is 2.35. The minimum atomic E-state index is 0.346. The van der Waals surface area contributed by atoms with Gasteiger partial charge >= 0.3 is 0 Å². The van der Waals surface area contributed by atoms with Crippen LogP contribution in [0.2, 0.25) is 0 Å². The lowest BCUT2D eigenvalue weighted by atomic mass is 10.1. The molecule has 1 aromatic carbocycles. The molecule has 0 aliphatic carbocycles. The van der Waals surface area contributed by atoms with Crippen LogP contribution in [-0.4, -0.2) is 28.8 Å². The Hall–Kier alpha value is -2.60. The van der Waals surface area contributed by atoms with E-state index in [0.29, 0.717) is 18.0 Å². The maximum Gasteiger partial charge on any atom is 0.161 e. The van der Waals surface area contributed by atoms with Gasteiger partial charge in [0.15, 0.2) is 11.5 Å². The van der Waals surface area contributed by atoms with E-state index in [0.717, 1.165) is 22.4 Å². The number of nitrogens with two attached hydrogens (primary N) is 1. The van der Waals surface area contributed by atoms with Gasteiger partial charge in [-0.15, -0.1) is 0 Å². The van der Waals surface area contributed by atoms with Gasteiger partial charge in [0.05, 0.1) is 20.8 Å². The quantitative estimate of drug-likeness (QED) is 0.792. The van der Waals surface area contributed by atoms with Gasteiger partial charge in [-0.3, -0.25) is 4.57 Å². The number of fused-ring (bicyclic) bond motifs is 1. The molecular formula is C15H16N4O2. The minimum Gasteiger partial charge on any atom is -0.493 e. The number of hydrogen-bond donors (Lipinski definition) is 1. The van der Waals surface area contributed by atoms with E-state index in [2.05, 4.69) is 9.97 Å². The van der Waals surface area contributed by atoms with Gasteiger partial charge in [0.25, 0.3) is 0 Å². The van der Waals surface area contributed by atoms with Crippen LogP contribution in [0.4, 0.5) is 0 Å².